The Balaban J connectivity index is 1.92. The van der Waals surface area contributed by atoms with E-state index in [9.17, 15) is 19.5 Å². The van der Waals surface area contributed by atoms with Crippen LogP contribution in [0, 0.1) is 11.8 Å². The molecule has 1 aromatic rings. The molecule has 1 amide bonds. The lowest BCUT2D eigenvalue weighted by atomic mass is 9.97. The highest BCUT2D eigenvalue weighted by atomic mass is 16.7. The molecule has 2 N–H and O–H groups in total. The maximum Gasteiger partial charge on any atom is 0.412 e. The van der Waals surface area contributed by atoms with Gasteiger partial charge in [-0.3, -0.25) is 14.9 Å². The first-order chi connectivity index (χ1) is 16.3. The number of methoxy groups -OCH3 is 1. The summed E-state index contributed by atoms with van der Waals surface area (Å²) in [6, 6.07) is 8.62. The zero-order valence-corrected chi connectivity index (χ0v) is 19.4. The number of aliphatic hydroxyl groups excluding tert-OH is 1. The molecule has 0 aliphatic carbocycles. The third-order valence-corrected chi connectivity index (χ3v) is 5.72. The van der Waals surface area contributed by atoms with Gasteiger partial charge < -0.3 is 28.8 Å². The van der Waals surface area contributed by atoms with Crippen LogP contribution in [0.4, 0.5) is 10.5 Å². The Kier molecular flexibility index (Phi) is 9.03. The van der Waals surface area contributed by atoms with Gasteiger partial charge in [0.15, 0.2) is 24.6 Å². The number of anilines is 1. The van der Waals surface area contributed by atoms with E-state index >= 15 is 0 Å². The fourth-order valence-corrected chi connectivity index (χ4v) is 3.70. The van der Waals surface area contributed by atoms with E-state index in [2.05, 4.69) is 5.32 Å². The van der Waals surface area contributed by atoms with Crippen LogP contribution in [-0.2, 0) is 33.3 Å². The van der Waals surface area contributed by atoms with Crippen LogP contribution in [0.1, 0.15) is 26.7 Å². The van der Waals surface area contributed by atoms with Crippen molar-refractivity contribution in [2.24, 2.45) is 11.8 Å². The number of hydrogen-bond acceptors (Lipinski definition) is 9. The fraction of sp³-hybridized carbons (Fsp3) is 0.542. The van der Waals surface area contributed by atoms with Gasteiger partial charge in [-0.25, -0.2) is 4.79 Å². The minimum Gasteiger partial charge on any atom is -0.455 e. The Morgan fingerprint density at radius 2 is 1.62 bits per heavy atom. The van der Waals surface area contributed by atoms with Crippen LogP contribution in [0.25, 0.3) is 0 Å². The highest BCUT2D eigenvalue weighted by Crippen LogP contribution is 2.31. The molecule has 1 saturated heterocycles. The summed E-state index contributed by atoms with van der Waals surface area (Å²) in [4.78, 5) is 38.2. The van der Waals surface area contributed by atoms with Crippen LogP contribution in [0.2, 0.25) is 0 Å². The highest BCUT2D eigenvalue weighted by molar-refractivity contribution is 5.84. The molecule has 34 heavy (non-hydrogen) atoms. The molecule has 1 fully saturated rings. The molecule has 0 spiro atoms. The third-order valence-electron chi connectivity index (χ3n) is 5.72. The zero-order chi connectivity index (χ0) is 24.7. The van der Waals surface area contributed by atoms with Gasteiger partial charge in [0.1, 0.15) is 6.10 Å². The molecular weight excluding hydrogens is 446 g/mol. The predicted octanol–water partition coefficient (Wildman–Crippen LogP) is 2.41. The number of para-hydroxylation sites is 1. The summed E-state index contributed by atoms with van der Waals surface area (Å²) in [6.07, 6.45) is -2.41. The van der Waals surface area contributed by atoms with Gasteiger partial charge in [-0.2, -0.15) is 0 Å². The molecule has 0 saturated carbocycles. The van der Waals surface area contributed by atoms with Crippen LogP contribution >= 0.6 is 0 Å². The Bertz CT molecular complexity index is 874. The number of fused-ring (bicyclic) bond motifs is 1. The van der Waals surface area contributed by atoms with Gasteiger partial charge in [-0.1, -0.05) is 44.2 Å². The Morgan fingerprint density at radius 3 is 2.18 bits per heavy atom. The number of amides is 1. The van der Waals surface area contributed by atoms with E-state index in [1.54, 1.807) is 44.2 Å². The van der Waals surface area contributed by atoms with E-state index in [1.807, 2.05) is 12.2 Å². The quantitative estimate of drug-likeness (QED) is 0.381. The van der Waals surface area contributed by atoms with Crippen molar-refractivity contribution in [3.63, 3.8) is 0 Å². The van der Waals surface area contributed by atoms with Crippen molar-refractivity contribution < 1.29 is 43.2 Å². The summed E-state index contributed by atoms with van der Waals surface area (Å²) in [5.74, 6) is -2.12. The van der Waals surface area contributed by atoms with Gasteiger partial charge in [0, 0.05) is 12.8 Å². The van der Waals surface area contributed by atoms with E-state index in [0.29, 0.717) is 18.5 Å². The second-order valence-electron chi connectivity index (χ2n) is 8.37. The number of ether oxygens (including phenoxy) is 5. The molecule has 0 unspecified atom stereocenters. The highest BCUT2D eigenvalue weighted by Gasteiger charge is 2.53. The molecule has 10 nitrogen and oxygen atoms in total. The first-order valence-electron chi connectivity index (χ1n) is 11.2. The van der Waals surface area contributed by atoms with Crippen molar-refractivity contribution in [2.75, 3.05) is 19.0 Å². The van der Waals surface area contributed by atoms with Crippen molar-refractivity contribution in [3.05, 3.63) is 42.5 Å². The number of benzene rings is 1. The van der Waals surface area contributed by atoms with Crippen molar-refractivity contribution in [2.45, 2.75) is 57.4 Å². The van der Waals surface area contributed by atoms with Gasteiger partial charge in [0.25, 0.3) is 0 Å². The number of carbonyl (C=O) groups is 3. The fourth-order valence-electron chi connectivity index (χ4n) is 3.70. The first kappa shape index (κ1) is 25.7. The van der Waals surface area contributed by atoms with E-state index < -0.39 is 67.2 Å². The molecule has 2 heterocycles. The normalized spacial score (nSPS) is 32.3. The maximum absolute atomic E-state index is 12.8. The molecule has 0 aromatic heterocycles. The maximum atomic E-state index is 12.8. The summed E-state index contributed by atoms with van der Waals surface area (Å²) < 4.78 is 28.0. The molecule has 2 aliphatic rings. The summed E-state index contributed by atoms with van der Waals surface area (Å²) >= 11 is 0. The van der Waals surface area contributed by atoms with Crippen LogP contribution in [0.5, 0.6) is 0 Å². The molecule has 0 radical (unpaired) electrons. The van der Waals surface area contributed by atoms with Gasteiger partial charge in [-0.05, 0) is 25.0 Å². The predicted molar refractivity (Wildman–Crippen MR) is 120 cm³/mol. The molecule has 10 heteroatoms. The number of allylic oxidation sites excluding steroid dienone is 2. The number of rotatable bonds is 4. The van der Waals surface area contributed by atoms with Crippen molar-refractivity contribution in [3.8, 4) is 0 Å². The SMILES string of the molecule is CO[C@H]1O[C@H](CO)[C@H]2OC(=O)[C@H](C)CC=CC[C@@H](C)C(=O)O[C@@H]2[C@@H]1OC(=O)Nc1ccccc1. The van der Waals surface area contributed by atoms with Gasteiger partial charge in [-0.15, -0.1) is 0 Å². The lowest BCUT2D eigenvalue weighted by Gasteiger charge is -2.44. The van der Waals surface area contributed by atoms with Crippen LogP contribution in [-0.4, -0.2) is 67.6 Å². The Labute approximate surface area is 198 Å². The molecule has 1 aromatic carbocycles. The molecular formula is C24H31NO9. The molecule has 3 rings (SSSR count). The summed E-state index contributed by atoms with van der Waals surface area (Å²) in [7, 11) is 1.32. The van der Waals surface area contributed by atoms with E-state index in [0.717, 1.165) is 0 Å². The van der Waals surface area contributed by atoms with Crippen molar-refractivity contribution >= 4 is 23.7 Å². The number of esters is 2. The summed E-state index contributed by atoms with van der Waals surface area (Å²) in [6.45, 7) is 2.87. The number of aliphatic hydroxyl groups is 1. The number of nitrogens with one attached hydrogen (secondary N) is 1. The van der Waals surface area contributed by atoms with Crippen LogP contribution < -0.4 is 5.32 Å². The topological polar surface area (TPSA) is 130 Å². The summed E-state index contributed by atoms with van der Waals surface area (Å²) in [5.41, 5.74) is 0.485. The standard InChI is InChI=1S/C24H31NO9/c1-14-9-7-8-10-15(2)22(28)33-19-18(32-21(14)27)17(13-26)31-23(30-3)20(19)34-24(29)25-16-11-5-4-6-12-16/h4-8,11-12,14-15,17-20,23,26H,9-10,13H2,1-3H3,(H,25,29)/t14-,15-,17-,18-,19+,20+,23+/m1/s1. The lowest BCUT2D eigenvalue weighted by molar-refractivity contribution is -0.299. The molecule has 2 aliphatic heterocycles. The van der Waals surface area contributed by atoms with Gasteiger partial charge in [0.2, 0.25) is 0 Å². The lowest BCUT2D eigenvalue weighted by Crippen LogP contribution is -2.63. The third kappa shape index (κ3) is 6.34. The largest absolute Gasteiger partial charge is 0.455 e. The minimum atomic E-state index is -1.28. The van der Waals surface area contributed by atoms with Crippen LogP contribution in [0.15, 0.2) is 42.5 Å². The minimum absolute atomic E-state index is 0.408. The van der Waals surface area contributed by atoms with E-state index in [4.69, 9.17) is 23.7 Å². The average Bonchev–Trinajstić information content (AvgIpc) is 2.83. The molecule has 186 valence electrons. The second kappa shape index (κ2) is 12.0. The van der Waals surface area contributed by atoms with E-state index in [1.165, 1.54) is 7.11 Å². The monoisotopic (exact) mass is 477 g/mol. The molecule has 7 atom stereocenters. The zero-order valence-electron chi connectivity index (χ0n) is 19.4. The van der Waals surface area contributed by atoms with Crippen molar-refractivity contribution in [1.29, 1.82) is 0 Å². The van der Waals surface area contributed by atoms with Crippen molar-refractivity contribution in [1.82, 2.24) is 0 Å². The Morgan fingerprint density at radius 1 is 1.03 bits per heavy atom. The molecule has 0 bridgehead atoms. The van der Waals surface area contributed by atoms with Gasteiger partial charge >= 0.3 is 18.0 Å². The Hall–Kier alpha value is -2.95. The first-order valence-corrected chi connectivity index (χ1v) is 11.2. The summed E-state index contributed by atoms with van der Waals surface area (Å²) in [5, 5.41) is 12.5. The average molecular weight is 478 g/mol. The smallest absolute Gasteiger partial charge is 0.412 e. The van der Waals surface area contributed by atoms with Crippen LogP contribution in [0.3, 0.4) is 0 Å². The van der Waals surface area contributed by atoms with E-state index in [-0.39, 0.29) is 0 Å². The number of hydrogen-bond donors (Lipinski definition) is 2. The second-order valence-corrected chi connectivity index (χ2v) is 8.37. The number of carbonyl (C=O) groups excluding carboxylic acids is 3. The van der Waals surface area contributed by atoms with Gasteiger partial charge in [0.05, 0.1) is 18.4 Å².